The Morgan fingerprint density at radius 2 is 0.692 bits per heavy atom. The van der Waals surface area contributed by atoms with E-state index in [0.29, 0.717) is 0 Å². The van der Waals surface area contributed by atoms with E-state index in [2.05, 4.69) is 26.0 Å². The Labute approximate surface area is 262 Å². The van der Waals surface area contributed by atoms with Gasteiger partial charge < -0.3 is 10.2 Å². The standard InChI is InChI=1S/2C18H30O.Cd/c2*1-2-3-4-5-6-7-8-9-10-11-13-17-14-12-15-18(19)16-17;/h2*12,14-16,19H,2-11,13H2,1H3;/q;;+2/p-2. The topological polar surface area (TPSA) is 46.1 Å². The van der Waals surface area contributed by atoms with Crippen molar-refractivity contribution in [3.8, 4) is 11.5 Å². The van der Waals surface area contributed by atoms with Crippen LogP contribution in [0.3, 0.4) is 0 Å². The molecule has 216 valence electrons. The molecule has 0 spiro atoms. The molecule has 0 atom stereocenters. The van der Waals surface area contributed by atoms with Gasteiger partial charge in [0.15, 0.2) is 0 Å². The molecular formula is C36H58CdO2. The third kappa shape index (κ3) is 24.5. The van der Waals surface area contributed by atoms with Crippen molar-refractivity contribution >= 4 is 0 Å². The van der Waals surface area contributed by atoms with Crippen molar-refractivity contribution in [2.45, 2.75) is 155 Å². The predicted octanol–water partition coefficient (Wildman–Crippen LogP) is 10.4. The Morgan fingerprint density at radius 3 is 0.974 bits per heavy atom. The molecule has 0 aromatic heterocycles. The van der Waals surface area contributed by atoms with Crippen LogP contribution in [0.4, 0.5) is 0 Å². The molecule has 2 aromatic carbocycles. The molecule has 0 aliphatic rings. The van der Waals surface area contributed by atoms with E-state index in [1.807, 2.05) is 12.1 Å². The first-order chi connectivity index (χ1) is 18.7. The first kappa shape index (κ1) is 38.0. The summed E-state index contributed by atoms with van der Waals surface area (Å²) in [6.07, 6.45) is 29.4. The van der Waals surface area contributed by atoms with Gasteiger partial charge >= 0.3 is 27.3 Å². The van der Waals surface area contributed by atoms with Crippen LogP contribution in [0.25, 0.3) is 0 Å². The fourth-order valence-electron chi connectivity index (χ4n) is 5.04. The maximum Gasteiger partial charge on any atom is 2.00 e. The Balaban J connectivity index is 0.000000722. The second-order valence-corrected chi connectivity index (χ2v) is 11.2. The first-order valence-electron chi connectivity index (χ1n) is 16.2. The van der Waals surface area contributed by atoms with Crippen molar-refractivity contribution in [2.75, 3.05) is 0 Å². The van der Waals surface area contributed by atoms with Crippen LogP contribution in [-0.2, 0) is 40.1 Å². The van der Waals surface area contributed by atoms with Crippen LogP contribution >= 0.6 is 0 Å². The molecule has 0 bridgehead atoms. The summed E-state index contributed by atoms with van der Waals surface area (Å²) in [4.78, 5) is 0. The van der Waals surface area contributed by atoms with Crippen LogP contribution in [-0.4, -0.2) is 0 Å². The van der Waals surface area contributed by atoms with Crippen LogP contribution in [0.2, 0.25) is 0 Å². The average molecular weight is 635 g/mol. The maximum absolute atomic E-state index is 11.2. The summed E-state index contributed by atoms with van der Waals surface area (Å²) in [5.74, 6) is 0.286. The molecule has 0 unspecified atom stereocenters. The van der Waals surface area contributed by atoms with Crippen molar-refractivity contribution in [3.63, 3.8) is 0 Å². The molecule has 0 aliphatic carbocycles. The molecule has 39 heavy (non-hydrogen) atoms. The van der Waals surface area contributed by atoms with Gasteiger partial charge in [-0.2, -0.15) is 0 Å². The smallest absolute Gasteiger partial charge is 0.872 e. The van der Waals surface area contributed by atoms with Crippen molar-refractivity contribution < 1.29 is 37.5 Å². The van der Waals surface area contributed by atoms with E-state index in [0.717, 1.165) is 12.8 Å². The molecule has 2 nitrogen and oxygen atoms in total. The van der Waals surface area contributed by atoms with Crippen molar-refractivity contribution in [1.82, 2.24) is 0 Å². The van der Waals surface area contributed by atoms with Gasteiger partial charge in [0.2, 0.25) is 0 Å². The number of hydrogen-bond donors (Lipinski definition) is 0. The molecule has 0 saturated heterocycles. The van der Waals surface area contributed by atoms with E-state index in [9.17, 15) is 10.2 Å². The van der Waals surface area contributed by atoms with E-state index in [1.54, 1.807) is 24.3 Å². The van der Waals surface area contributed by atoms with Gasteiger partial charge in [-0.15, -0.1) is 11.5 Å². The maximum atomic E-state index is 11.2. The summed E-state index contributed by atoms with van der Waals surface area (Å²) in [5.41, 5.74) is 2.40. The minimum absolute atomic E-state index is 0. The average Bonchev–Trinajstić information content (AvgIpc) is 2.91. The fraction of sp³-hybridized carbons (Fsp3) is 0.667. The molecule has 0 amide bonds. The van der Waals surface area contributed by atoms with E-state index in [1.165, 1.54) is 140 Å². The van der Waals surface area contributed by atoms with Gasteiger partial charge in [0, 0.05) is 0 Å². The zero-order valence-corrected chi connectivity index (χ0v) is 29.7. The zero-order valence-electron chi connectivity index (χ0n) is 25.7. The molecule has 3 heteroatoms. The quantitative estimate of drug-likeness (QED) is 0.0955. The predicted molar refractivity (Wildman–Crippen MR) is 163 cm³/mol. The number of benzene rings is 2. The van der Waals surface area contributed by atoms with Gasteiger partial charge in [0.25, 0.3) is 0 Å². The SMILES string of the molecule is CCCCCCCCCCCCc1cccc([O-])c1.CCCCCCCCCCCCc1cccc([O-])c1.[Cd+2]. The molecule has 2 rings (SSSR count). The molecule has 2 aromatic rings. The van der Waals surface area contributed by atoms with Crippen molar-refractivity contribution in [2.24, 2.45) is 0 Å². The number of unbranched alkanes of at least 4 members (excludes halogenated alkanes) is 18. The monoisotopic (exact) mass is 636 g/mol. The summed E-state index contributed by atoms with van der Waals surface area (Å²) in [6.45, 7) is 4.53. The van der Waals surface area contributed by atoms with Crippen LogP contribution < -0.4 is 10.2 Å². The second kappa shape index (κ2) is 28.5. The van der Waals surface area contributed by atoms with E-state index >= 15 is 0 Å². The van der Waals surface area contributed by atoms with E-state index in [-0.39, 0.29) is 38.8 Å². The van der Waals surface area contributed by atoms with Gasteiger partial charge in [-0.3, -0.25) is 0 Å². The Morgan fingerprint density at radius 1 is 0.410 bits per heavy atom. The van der Waals surface area contributed by atoms with Gasteiger partial charge in [0.05, 0.1) is 0 Å². The molecular weight excluding hydrogens is 577 g/mol. The fourth-order valence-corrected chi connectivity index (χ4v) is 5.04. The van der Waals surface area contributed by atoms with E-state index in [4.69, 9.17) is 0 Å². The summed E-state index contributed by atoms with van der Waals surface area (Å²) in [7, 11) is 0. The van der Waals surface area contributed by atoms with Crippen molar-refractivity contribution in [3.05, 3.63) is 59.7 Å². The van der Waals surface area contributed by atoms with Crippen LogP contribution in [0.5, 0.6) is 11.5 Å². The third-order valence-corrected chi connectivity index (χ3v) is 7.43. The van der Waals surface area contributed by atoms with Gasteiger partial charge in [-0.1, -0.05) is 178 Å². The molecule has 0 heterocycles. The number of rotatable bonds is 22. The number of aryl methyl sites for hydroxylation is 2. The Kier molecular flexibility index (Phi) is 27.7. The Bertz CT molecular complexity index is 711. The summed E-state index contributed by atoms with van der Waals surface area (Å²) in [6, 6.07) is 14.7. The van der Waals surface area contributed by atoms with Gasteiger partial charge in [-0.25, -0.2) is 0 Å². The summed E-state index contributed by atoms with van der Waals surface area (Å²) < 4.78 is 0. The van der Waals surface area contributed by atoms with Crippen LogP contribution in [0.15, 0.2) is 48.5 Å². The van der Waals surface area contributed by atoms with Gasteiger partial charge in [-0.05, 0) is 36.8 Å². The second-order valence-electron chi connectivity index (χ2n) is 11.2. The first-order valence-corrected chi connectivity index (χ1v) is 16.2. The zero-order chi connectivity index (χ0) is 27.5. The third-order valence-electron chi connectivity index (χ3n) is 7.43. The molecule has 0 saturated carbocycles. The van der Waals surface area contributed by atoms with Crippen LogP contribution in [0.1, 0.15) is 153 Å². The summed E-state index contributed by atoms with van der Waals surface area (Å²) in [5, 5.41) is 22.3. The normalized spacial score (nSPS) is 10.5. The molecule has 0 N–H and O–H groups in total. The number of hydrogen-bond acceptors (Lipinski definition) is 2. The minimum Gasteiger partial charge on any atom is -0.872 e. The molecule has 0 fully saturated rings. The van der Waals surface area contributed by atoms with Crippen LogP contribution in [0, 0.1) is 0 Å². The summed E-state index contributed by atoms with van der Waals surface area (Å²) >= 11 is 0. The largest absolute Gasteiger partial charge is 2.00 e. The Hall–Kier alpha value is -1.04. The minimum atomic E-state index is 0. The van der Waals surface area contributed by atoms with Crippen molar-refractivity contribution in [1.29, 1.82) is 0 Å². The van der Waals surface area contributed by atoms with Gasteiger partial charge in [0.1, 0.15) is 0 Å². The molecule has 0 radical (unpaired) electrons. The molecule has 0 aliphatic heterocycles. The van der Waals surface area contributed by atoms with E-state index < -0.39 is 0 Å².